The molecule has 7 nitrogen and oxygen atoms in total. The Labute approximate surface area is 161 Å². The van der Waals surface area contributed by atoms with E-state index < -0.39 is 0 Å². The highest BCUT2D eigenvalue weighted by Crippen LogP contribution is 2.11. The summed E-state index contributed by atoms with van der Waals surface area (Å²) in [4.78, 5) is 8.59. The Kier molecular flexibility index (Phi) is 11.8. The number of guanidine groups is 1. The van der Waals surface area contributed by atoms with Crippen molar-refractivity contribution in [1.29, 1.82) is 0 Å². The number of nitrogens with one attached hydrogen (secondary N) is 2. The summed E-state index contributed by atoms with van der Waals surface area (Å²) in [5.74, 6) is 0.853. The molecule has 2 rings (SSSR count). The number of halogens is 1. The summed E-state index contributed by atoms with van der Waals surface area (Å²) in [6.45, 7) is 7.70. The quantitative estimate of drug-likeness (QED) is 0.245. The van der Waals surface area contributed by atoms with Crippen LogP contribution >= 0.6 is 24.0 Å². The normalized spacial score (nSPS) is 17.5. The van der Waals surface area contributed by atoms with Crippen molar-refractivity contribution in [2.45, 2.75) is 38.8 Å². The maximum atomic E-state index is 5.64. The molecule has 1 aliphatic heterocycles. The van der Waals surface area contributed by atoms with Crippen molar-refractivity contribution >= 4 is 29.9 Å². The Hall–Kier alpha value is -0.870. The van der Waals surface area contributed by atoms with Gasteiger partial charge in [-0.3, -0.25) is 4.99 Å². The molecule has 1 unspecified atom stereocenters. The lowest BCUT2D eigenvalue weighted by atomic mass is 10.2. The minimum atomic E-state index is 0. The fraction of sp³-hybridized carbons (Fsp3) is 0.750. The van der Waals surface area contributed by atoms with Crippen LogP contribution in [0.5, 0.6) is 0 Å². The van der Waals surface area contributed by atoms with Gasteiger partial charge in [0.15, 0.2) is 5.96 Å². The summed E-state index contributed by atoms with van der Waals surface area (Å²) < 4.78 is 13.2. The first kappa shape index (κ1) is 21.2. The summed E-state index contributed by atoms with van der Waals surface area (Å²) in [5, 5.41) is 6.58. The maximum absolute atomic E-state index is 5.64. The van der Waals surface area contributed by atoms with Gasteiger partial charge in [-0.1, -0.05) is 0 Å². The van der Waals surface area contributed by atoms with Crippen LogP contribution in [0.15, 0.2) is 23.7 Å². The summed E-state index contributed by atoms with van der Waals surface area (Å²) in [6.07, 6.45) is 9.08. The lowest BCUT2D eigenvalue weighted by Gasteiger charge is -2.12. The third kappa shape index (κ3) is 8.84. The van der Waals surface area contributed by atoms with Crippen LogP contribution in [0.25, 0.3) is 0 Å². The fourth-order valence-electron chi connectivity index (χ4n) is 2.41. The third-order valence-electron chi connectivity index (χ3n) is 3.61. The van der Waals surface area contributed by atoms with Crippen LogP contribution < -0.4 is 10.6 Å². The van der Waals surface area contributed by atoms with Gasteiger partial charge in [-0.05, 0) is 26.2 Å². The summed E-state index contributed by atoms with van der Waals surface area (Å²) in [5.41, 5.74) is 0. The van der Waals surface area contributed by atoms with E-state index in [0.717, 1.165) is 64.6 Å². The molecule has 0 amide bonds. The topological polar surface area (TPSA) is 72.7 Å². The van der Waals surface area contributed by atoms with Crippen LogP contribution in [0, 0.1) is 0 Å². The second kappa shape index (κ2) is 13.4. The van der Waals surface area contributed by atoms with Crippen molar-refractivity contribution in [3.8, 4) is 0 Å². The molecule has 0 radical (unpaired) electrons. The summed E-state index contributed by atoms with van der Waals surface area (Å²) in [6, 6.07) is 0. The molecule has 0 spiro atoms. The second-order valence-corrected chi connectivity index (χ2v) is 5.55. The fourth-order valence-corrected chi connectivity index (χ4v) is 2.41. The van der Waals surface area contributed by atoms with Crippen molar-refractivity contribution in [2.75, 3.05) is 39.5 Å². The molecule has 0 aromatic carbocycles. The van der Waals surface area contributed by atoms with Crippen LogP contribution in [0.4, 0.5) is 0 Å². The lowest BCUT2D eigenvalue weighted by molar-refractivity contribution is 0.0171. The van der Waals surface area contributed by atoms with E-state index in [1.54, 1.807) is 6.20 Å². The standard InChI is InChI=1S/C16H29N5O2.HI/c1-2-18-16(20-8-10-21-9-7-17-14-21)19-6-4-11-22-13-15-5-3-12-23-15;/h7,9,14-15H,2-6,8,10-13H2,1H3,(H2,18,19,20);1H. The molecule has 2 heterocycles. The molecule has 1 aromatic rings. The predicted molar refractivity (Wildman–Crippen MR) is 106 cm³/mol. The van der Waals surface area contributed by atoms with E-state index in [4.69, 9.17) is 9.47 Å². The van der Waals surface area contributed by atoms with Gasteiger partial charge in [0.25, 0.3) is 0 Å². The summed E-state index contributed by atoms with van der Waals surface area (Å²) >= 11 is 0. The van der Waals surface area contributed by atoms with E-state index in [2.05, 4.69) is 27.5 Å². The van der Waals surface area contributed by atoms with E-state index in [1.165, 1.54) is 0 Å². The number of aromatic nitrogens is 2. The van der Waals surface area contributed by atoms with Gasteiger partial charge in [-0.2, -0.15) is 0 Å². The Morgan fingerprint density at radius 3 is 3.08 bits per heavy atom. The van der Waals surface area contributed by atoms with Gasteiger partial charge in [0.2, 0.25) is 0 Å². The largest absolute Gasteiger partial charge is 0.379 e. The lowest BCUT2D eigenvalue weighted by Crippen LogP contribution is -2.38. The minimum Gasteiger partial charge on any atom is -0.379 e. The number of nitrogens with zero attached hydrogens (tertiary/aromatic N) is 3. The van der Waals surface area contributed by atoms with E-state index in [9.17, 15) is 0 Å². The highest BCUT2D eigenvalue weighted by molar-refractivity contribution is 14.0. The number of imidazole rings is 1. The van der Waals surface area contributed by atoms with Crippen molar-refractivity contribution < 1.29 is 9.47 Å². The maximum Gasteiger partial charge on any atom is 0.191 e. The Balaban J connectivity index is 0.00000288. The van der Waals surface area contributed by atoms with Crippen molar-refractivity contribution in [3.63, 3.8) is 0 Å². The van der Waals surface area contributed by atoms with Gasteiger partial charge in [-0.15, -0.1) is 24.0 Å². The van der Waals surface area contributed by atoms with Crippen LogP contribution in [-0.4, -0.2) is 61.1 Å². The molecule has 0 aliphatic carbocycles. The van der Waals surface area contributed by atoms with Gasteiger partial charge in [-0.25, -0.2) is 4.98 Å². The number of ether oxygens (including phenoxy) is 2. The molecule has 0 saturated carbocycles. The number of aliphatic imine (C=N–C) groups is 1. The van der Waals surface area contributed by atoms with Crippen molar-refractivity contribution in [3.05, 3.63) is 18.7 Å². The first-order valence-electron chi connectivity index (χ1n) is 8.55. The van der Waals surface area contributed by atoms with Gasteiger partial charge < -0.3 is 24.7 Å². The smallest absolute Gasteiger partial charge is 0.191 e. The number of rotatable bonds is 10. The molecule has 1 fully saturated rings. The first-order chi connectivity index (χ1) is 11.4. The zero-order valence-electron chi connectivity index (χ0n) is 14.4. The van der Waals surface area contributed by atoms with Gasteiger partial charge in [0, 0.05) is 51.8 Å². The Bertz CT molecular complexity index is 436. The highest BCUT2D eigenvalue weighted by Gasteiger charge is 2.14. The zero-order chi connectivity index (χ0) is 16.2. The zero-order valence-corrected chi connectivity index (χ0v) is 16.8. The van der Waals surface area contributed by atoms with Crippen LogP contribution in [-0.2, 0) is 16.0 Å². The van der Waals surface area contributed by atoms with E-state index >= 15 is 0 Å². The van der Waals surface area contributed by atoms with E-state index in [0.29, 0.717) is 12.7 Å². The average Bonchev–Trinajstić information content (AvgIpc) is 3.24. The van der Waals surface area contributed by atoms with Crippen LogP contribution in [0.2, 0.25) is 0 Å². The molecule has 0 bridgehead atoms. The molecule has 1 aromatic heterocycles. The van der Waals surface area contributed by atoms with E-state index in [1.807, 2.05) is 17.1 Å². The molecule has 1 aliphatic rings. The predicted octanol–water partition coefficient (Wildman–Crippen LogP) is 1.64. The number of hydrogen-bond donors (Lipinski definition) is 2. The molecular formula is C16H30IN5O2. The number of hydrogen-bond acceptors (Lipinski definition) is 4. The average molecular weight is 451 g/mol. The SMILES string of the molecule is CCNC(=NCCCOCC1CCCO1)NCCn1ccnc1.I. The Morgan fingerprint density at radius 1 is 1.46 bits per heavy atom. The van der Waals surface area contributed by atoms with Gasteiger partial charge >= 0.3 is 0 Å². The monoisotopic (exact) mass is 451 g/mol. The van der Waals surface area contributed by atoms with Crippen molar-refractivity contribution in [1.82, 2.24) is 20.2 Å². The van der Waals surface area contributed by atoms with Crippen molar-refractivity contribution in [2.24, 2.45) is 4.99 Å². The minimum absolute atomic E-state index is 0. The van der Waals surface area contributed by atoms with Crippen LogP contribution in [0.3, 0.4) is 0 Å². The molecule has 1 saturated heterocycles. The second-order valence-electron chi connectivity index (χ2n) is 5.55. The first-order valence-corrected chi connectivity index (χ1v) is 8.55. The third-order valence-corrected chi connectivity index (χ3v) is 3.61. The molecular weight excluding hydrogens is 421 g/mol. The molecule has 8 heteroatoms. The van der Waals surface area contributed by atoms with E-state index in [-0.39, 0.29) is 24.0 Å². The highest BCUT2D eigenvalue weighted by atomic mass is 127. The van der Waals surface area contributed by atoms with Gasteiger partial charge in [0.1, 0.15) is 0 Å². The van der Waals surface area contributed by atoms with Crippen LogP contribution in [0.1, 0.15) is 26.2 Å². The molecule has 1 atom stereocenters. The molecule has 2 N–H and O–H groups in total. The Morgan fingerprint density at radius 2 is 2.38 bits per heavy atom. The van der Waals surface area contributed by atoms with Gasteiger partial charge in [0.05, 0.1) is 19.0 Å². The molecule has 24 heavy (non-hydrogen) atoms. The molecule has 138 valence electrons. The summed E-state index contributed by atoms with van der Waals surface area (Å²) in [7, 11) is 0.